The lowest BCUT2D eigenvalue weighted by atomic mass is 9.96. The fourth-order valence-corrected chi connectivity index (χ4v) is 4.16. The maximum Gasteiger partial charge on any atom is 0.227 e. The van der Waals surface area contributed by atoms with Gasteiger partial charge >= 0.3 is 0 Å². The number of piperidine rings is 1. The highest BCUT2D eigenvalue weighted by Gasteiger charge is 2.25. The maximum atomic E-state index is 12.0. The summed E-state index contributed by atoms with van der Waals surface area (Å²) in [6.45, 7) is 2.38. The summed E-state index contributed by atoms with van der Waals surface area (Å²) < 4.78 is 12.0. The van der Waals surface area contributed by atoms with Gasteiger partial charge in [0.2, 0.25) is 5.95 Å². The third kappa shape index (κ3) is 3.08. The van der Waals surface area contributed by atoms with Gasteiger partial charge in [-0.15, -0.1) is 0 Å². The van der Waals surface area contributed by atoms with Crippen LogP contribution in [0.3, 0.4) is 0 Å². The Balaban J connectivity index is 1.46. The van der Waals surface area contributed by atoms with Crippen molar-refractivity contribution >= 4 is 34.2 Å². The minimum Gasteiger partial charge on any atom is -0.368 e. The first-order valence-electron chi connectivity index (χ1n) is 7.92. The molecule has 7 nitrogen and oxygen atoms in total. The number of aromatic nitrogens is 4. The molecule has 1 atom stereocenters. The van der Waals surface area contributed by atoms with Gasteiger partial charge in [-0.25, -0.2) is 15.0 Å². The van der Waals surface area contributed by atoms with Crippen molar-refractivity contribution in [3.8, 4) is 0 Å². The van der Waals surface area contributed by atoms with Gasteiger partial charge in [0.25, 0.3) is 0 Å². The Morgan fingerprint density at radius 1 is 1.17 bits per heavy atom. The lowest BCUT2D eigenvalue weighted by molar-refractivity contribution is 0.480. The van der Waals surface area contributed by atoms with Crippen molar-refractivity contribution in [3.05, 3.63) is 29.4 Å². The molecule has 0 radical (unpaired) electrons. The second-order valence-electron chi connectivity index (χ2n) is 5.88. The molecule has 1 saturated heterocycles. The number of halogens is 1. The van der Waals surface area contributed by atoms with Crippen LogP contribution in [0.5, 0.6) is 0 Å². The first-order chi connectivity index (χ1) is 11.7. The molecule has 0 aliphatic carbocycles. The average molecular weight is 365 g/mol. The molecular formula is C15H17ClN6OS. The molecule has 0 spiro atoms. The minimum atomic E-state index is -0.994. The van der Waals surface area contributed by atoms with Gasteiger partial charge in [0.05, 0.1) is 26.9 Å². The molecule has 2 aliphatic heterocycles. The Labute approximate surface area is 147 Å². The predicted octanol–water partition coefficient (Wildman–Crippen LogP) is 1.84. The van der Waals surface area contributed by atoms with Crippen molar-refractivity contribution in [2.75, 3.05) is 35.6 Å². The van der Waals surface area contributed by atoms with Crippen LogP contribution in [0, 0.1) is 0 Å². The van der Waals surface area contributed by atoms with Crippen molar-refractivity contribution in [3.63, 3.8) is 0 Å². The van der Waals surface area contributed by atoms with Crippen LogP contribution in [-0.2, 0) is 10.8 Å². The predicted molar refractivity (Wildman–Crippen MR) is 93.0 cm³/mol. The summed E-state index contributed by atoms with van der Waals surface area (Å²) in [5, 5.41) is 3.77. The number of anilines is 2. The van der Waals surface area contributed by atoms with Gasteiger partial charge in [0.15, 0.2) is 0 Å². The Hall–Kier alpha value is -1.80. The van der Waals surface area contributed by atoms with Gasteiger partial charge in [-0.2, -0.15) is 4.98 Å². The topological polar surface area (TPSA) is 83.9 Å². The van der Waals surface area contributed by atoms with Gasteiger partial charge in [-0.3, -0.25) is 4.21 Å². The zero-order valence-electron chi connectivity index (χ0n) is 13.0. The SMILES string of the molecule is O=S1CCNc2nc(N3CCC(c4ncc(Cl)cn4)CC3)ncc21. The molecule has 0 amide bonds. The lowest BCUT2D eigenvalue weighted by Gasteiger charge is -2.31. The number of rotatable bonds is 2. The van der Waals surface area contributed by atoms with E-state index in [4.69, 9.17) is 11.6 Å². The van der Waals surface area contributed by atoms with E-state index in [0.29, 0.717) is 39.9 Å². The highest BCUT2D eigenvalue weighted by atomic mass is 35.5. The van der Waals surface area contributed by atoms with Gasteiger partial charge in [0, 0.05) is 43.7 Å². The van der Waals surface area contributed by atoms with Crippen molar-refractivity contribution in [2.24, 2.45) is 0 Å². The van der Waals surface area contributed by atoms with Crippen molar-refractivity contribution in [2.45, 2.75) is 23.7 Å². The van der Waals surface area contributed by atoms with Gasteiger partial charge < -0.3 is 10.2 Å². The van der Waals surface area contributed by atoms with Crippen LogP contribution in [0.2, 0.25) is 5.02 Å². The zero-order chi connectivity index (χ0) is 16.5. The highest BCUT2D eigenvalue weighted by Crippen LogP contribution is 2.29. The second-order valence-corrected chi connectivity index (χ2v) is 7.86. The van der Waals surface area contributed by atoms with E-state index in [1.807, 2.05) is 0 Å². The summed E-state index contributed by atoms with van der Waals surface area (Å²) in [4.78, 5) is 20.5. The average Bonchev–Trinajstić information content (AvgIpc) is 2.62. The van der Waals surface area contributed by atoms with E-state index in [-0.39, 0.29) is 0 Å². The fraction of sp³-hybridized carbons (Fsp3) is 0.467. The van der Waals surface area contributed by atoms with E-state index >= 15 is 0 Å². The molecule has 4 heterocycles. The standard InChI is InChI=1S/C15H17ClN6OS/c16-11-7-18-13(19-8-11)10-1-4-22(5-2-10)15-20-9-12-14(21-15)17-3-6-24(12)23/h7-10H,1-6H2,(H,17,20,21). The largest absolute Gasteiger partial charge is 0.368 e. The molecule has 0 aromatic carbocycles. The van der Waals surface area contributed by atoms with Crippen LogP contribution in [0.15, 0.2) is 23.5 Å². The zero-order valence-corrected chi connectivity index (χ0v) is 14.6. The van der Waals surface area contributed by atoms with E-state index in [2.05, 4.69) is 30.2 Å². The van der Waals surface area contributed by atoms with Crippen LogP contribution in [0.25, 0.3) is 0 Å². The van der Waals surface area contributed by atoms with E-state index in [0.717, 1.165) is 31.8 Å². The minimum absolute atomic E-state index is 0.335. The Kier molecular flexibility index (Phi) is 4.32. The Bertz CT molecular complexity index is 763. The van der Waals surface area contributed by atoms with Crippen LogP contribution in [0.1, 0.15) is 24.6 Å². The molecule has 126 valence electrons. The maximum absolute atomic E-state index is 12.0. The second kappa shape index (κ2) is 6.60. The van der Waals surface area contributed by atoms with Crippen LogP contribution in [0.4, 0.5) is 11.8 Å². The molecular weight excluding hydrogens is 348 g/mol. The summed E-state index contributed by atoms with van der Waals surface area (Å²) in [7, 11) is -0.994. The monoisotopic (exact) mass is 364 g/mol. The van der Waals surface area contributed by atoms with Crippen molar-refractivity contribution in [1.29, 1.82) is 0 Å². The number of nitrogens with one attached hydrogen (secondary N) is 1. The summed E-state index contributed by atoms with van der Waals surface area (Å²) in [6.07, 6.45) is 6.88. The number of hydrogen-bond donors (Lipinski definition) is 1. The molecule has 2 aromatic heterocycles. The van der Waals surface area contributed by atoms with Crippen molar-refractivity contribution in [1.82, 2.24) is 19.9 Å². The van der Waals surface area contributed by atoms with Crippen LogP contribution in [-0.4, -0.2) is 49.5 Å². The summed E-state index contributed by atoms with van der Waals surface area (Å²) in [5.74, 6) is 3.19. The van der Waals surface area contributed by atoms with E-state index in [1.165, 1.54) is 0 Å². The van der Waals surface area contributed by atoms with E-state index < -0.39 is 10.8 Å². The summed E-state index contributed by atoms with van der Waals surface area (Å²) in [6, 6.07) is 0. The lowest BCUT2D eigenvalue weighted by Crippen LogP contribution is -2.35. The smallest absolute Gasteiger partial charge is 0.227 e. The molecule has 1 unspecified atom stereocenters. The molecule has 24 heavy (non-hydrogen) atoms. The summed E-state index contributed by atoms with van der Waals surface area (Å²) >= 11 is 5.84. The van der Waals surface area contributed by atoms with Gasteiger partial charge in [-0.1, -0.05) is 11.6 Å². The Morgan fingerprint density at radius 2 is 1.92 bits per heavy atom. The van der Waals surface area contributed by atoms with Gasteiger partial charge in [0.1, 0.15) is 11.6 Å². The third-order valence-corrected chi connectivity index (χ3v) is 5.91. The number of nitrogens with zero attached hydrogens (tertiary/aromatic N) is 5. The van der Waals surface area contributed by atoms with E-state index in [1.54, 1.807) is 18.6 Å². The molecule has 4 rings (SSSR count). The molecule has 1 N–H and O–H groups in total. The third-order valence-electron chi connectivity index (χ3n) is 4.35. The molecule has 0 bridgehead atoms. The van der Waals surface area contributed by atoms with Crippen molar-refractivity contribution < 1.29 is 4.21 Å². The van der Waals surface area contributed by atoms with Crippen LogP contribution >= 0.6 is 11.6 Å². The molecule has 0 saturated carbocycles. The first kappa shape index (κ1) is 15.7. The number of hydrogen-bond acceptors (Lipinski definition) is 7. The van der Waals surface area contributed by atoms with Crippen LogP contribution < -0.4 is 10.2 Å². The first-order valence-corrected chi connectivity index (χ1v) is 9.62. The normalized spacial score (nSPS) is 21.2. The highest BCUT2D eigenvalue weighted by molar-refractivity contribution is 7.85. The molecule has 1 fully saturated rings. The number of fused-ring (bicyclic) bond motifs is 1. The molecule has 2 aliphatic rings. The fourth-order valence-electron chi connectivity index (χ4n) is 3.05. The van der Waals surface area contributed by atoms with Gasteiger partial charge in [-0.05, 0) is 12.8 Å². The van der Waals surface area contributed by atoms with E-state index in [9.17, 15) is 4.21 Å². The summed E-state index contributed by atoms with van der Waals surface area (Å²) in [5.41, 5.74) is 0. The molecule has 9 heteroatoms. The molecule has 2 aromatic rings. The Morgan fingerprint density at radius 3 is 2.67 bits per heavy atom. The quantitative estimate of drug-likeness (QED) is 0.870.